The Bertz CT molecular complexity index is 395. The van der Waals surface area contributed by atoms with Crippen LogP contribution in [0.15, 0.2) is 24.3 Å². The number of nitrogens with two attached hydrogens (primary N) is 1. The molecule has 2 N–H and O–H groups in total. The summed E-state index contributed by atoms with van der Waals surface area (Å²) in [5.41, 5.74) is 7.45. The zero-order chi connectivity index (χ0) is 11.1. The minimum Gasteiger partial charge on any atom is -0.375 e. The first kappa shape index (κ1) is 10.6. The van der Waals surface area contributed by atoms with Crippen molar-refractivity contribution in [2.24, 2.45) is 11.7 Å². The minimum absolute atomic E-state index is 0.0639. The van der Waals surface area contributed by atoms with Crippen LogP contribution in [-0.2, 0) is 4.74 Å². The summed E-state index contributed by atoms with van der Waals surface area (Å²) in [7, 11) is 0. The van der Waals surface area contributed by atoms with Gasteiger partial charge in [-0.05, 0) is 37.0 Å². The first-order valence-electron chi connectivity index (χ1n) is 5.90. The molecule has 2 aliphatic heterocycles. The molecule has 0 saturated carbocycles. The molecule has 0 amide bonds. The van der Waals surface area contributed by atoms with Gasteiger partial charge < -0.3 is 10.5 Å². The van der Waals surface area contributed by atoms with Crippen molar-refractivity contribution in [3.8, 4) is 0 Å². The molecular formula is C13H16ClNO. The van der Waals surface area contributed by atoms with E-state index in [4.69, 9.17) is 22.1 Å². The molecule has 2 fully saturated rings. The van der Waals surface area contributed by atoms with Crippen LogP contribution in [0.25, 0.3) is 0 Å². The number of benzene rings is 1. The summed E-state index contributed by atoms with van der Waals surface area (Å²) in [6.07, 6.45) is 4.32. The van der Waals surface area contributed by atoms with Gasteiger partial charge >= 0.3 is 0 Å². The molecular weight excluding hydrogens is 222 g/mol. The topological polar surface area (TPSA) is 35.2 Å². The van der Waals surface area contributed by atoms with Crippen molar-refractivity contribution >= 4 is 11.6 Å². The molecule has 2 heterocycles. The van der Waals surface area contributed by atoms with Gasteiger partial charge in [0.2, 0.25) is 0 Å². The lowest BCUT2D eigenvalue weighted by molar-refractivity contribution is 0.0885. The van der Waals surface area contributed by atoms with E-state index in [0.29, 0.717) is 18.1 Å². The fraction of sp³-hybridized carbons (Fsp3) is 0.538. The van der Waals surface area contributed by atoms with Crippen LogP contribution in [0.2, 0.25) is 5.02 Å². The fourth-order valence-corrected chi connectivity index (χ4v) is 3.21. The van der Waals surface area contributed by atoms with E-state index in [2.05, 4.69) is 6.07 Å². The van der Waals surface area contributed by atoms with Crippen LogP contribution in [0.1, 0.15) is 30.9 Å². The summed E-state index contributed by atoms with van der Waals surface area (Å²) in [4.78, 5) is 0. The van der Waals surface area contributed by atoms with E-state index in [9.17, 15) is 0 Å². The molecule has 0 aromatic heterocycles. The van der Waals surface area contributed by atoms with Crippen LogP contribution in [0.3, 0.4) is 0 Å². The highest BCUT2D eigenvalue weighted by atomic mass is 35.5. The third-order valence-electron chi connectivity index (χ3n) is 3.85. The zero-order valence-electron chi connectivity index (χ0n) is 9.10. The van der Waals surface area contributed by atoms with E-state index >= 15 is 0 Å². The maximum Gasteiger partial charge on any atom is 0.0627 e. The Morgan fingerprint density at radius 2 is 2.25 bits per heavy atom. The molecule has 0 aliphatic carbocycles. The number of hydrogen-bond acceptors (Lipinski definition) is 2. The van der Waals surface area contributed by atoms with Crippen molar-refractivity contribution in [3.05, 3.63) is 34.9 Å². The van der Waals surface area contributed by atoms with Crippen LogP contribution in [0.4, 0.5) is 0 Å². The van der Waals surface area contributed by atoms with Gasteiger partial charge in [-0.1, -0.05) is 23.7 Å². The summed E-state index contributed by atoms with van der Waals surface area (Å²) in [5.74, 6) is 0.470. The van der Waals surface area contributed by atoms with Crippen molar-refractivity contribution in [2.75, 3.05) is 0 Å². The van der Waals surface area contributed by atoms with Crippen LogP contribution in [-0.4, -0.2) is 12.2 Å². The Hall–Kier alpha value is -0.570. The predicted octanol–water partition coefficient (Wildman–Crippen LogP) is 2.91. The van der Waals surface area contributed by atoms with Gasteiger partial charge in [0.1, 0.15) is 0 Å². The number of ether oxygens (including phenoxy) is 1. The second-order valence-electron chi connectivity index (χ2n) is 4.85. The average Bonchev–Trinajstić information content (AvgIpc) is 2.89. The lowest BCUT2D eigenvalue weighted by atomic mass is 9.81. The third-order valence-corrected chi connectivity index (χ3v) is 4.08. The SMILES string of the molecule is NC(c1cccc(Cl)c1)C1CC2CCC1O2. The van der Waals surface area contributed by atoms with E-state index in [0.717, 1.165) is 17.0 Å². The Kier molecular flexibility index (Phi) is 2.66. The molecule has 2 bridgehead atoms. The van der Waals surface area contributed by atoms with Crippen LogP contribution in [0, 0.1) is 5.92 Å². The Balaban J connectivity index is 1.80. The standard InChI is InChI=1S/C13H16ClNO/c14-9-3-1-2-8(6-9)13(15)11-7-10-4-5-12(11)16-10/h1-3,6,10-13H,4-5,7,15H2. The van der Waals surface area contributed by atoms with Crippen molar-refractivity contribution in [1.29, 1.82) is 0 Å². The summed E-state index contributed by atoms with van der Waals surface area (Å²) < 4.78 is 5.84. The van der Waals surface area contributed by atoms with Gasteiger partial charge in [0.05, 0.1) is 12.2 Å². The predicted molar refractivity (Wildman–Crippen MR) is 64.4 cm³/mol. The summed E-state index contributed by atoms with van der Waals surface area (Å²) >= 11 is 5.99. The van der Waals surface area contributed by atoms with Gasteiger partial charge in [-0.15, -0.1) is 0 Å². The molecule has 1 aromatic rings. The zero-order valence-corrected chi connectivity index (χ0v) is 9.86. The molecule has 3 heteroatoms. The molecule has 1 aromatic carbocycles. The van der Waals surface area contributed by atoms with Gasteiger partial charge in [0.15, 0.2) is 0 Å². The minimum atomic E-state index is 0.0639. The molecule has 2 aliphatic rings. The molecule has 2 saturated heterocycles. The average molecular weight is 238 g/mol. The number of hydrogen-bond donors (Lipinski definition) is 1. The van der Waals surface area contributed by atoms with Crippen LogP contribution >= 0.6 is 11.6 Å². The van der Waals surface area contributed by atoms with Gasteiger partial charge in [0, 0.05) is 17.0 Å². The highest BCUT2D eigenvalue weighted by molar-refractivity contribution is 6.30. The molecule has 0 radical (unpaired) electrons. The maximum atomic E-state index is 6.32. The molecule has 0 spiro atoms. The fourth-order valence-electron chi connectivity index (χ4n) is 3.02. The molecule has 3 rings (SSSR count). The third kappa shape index (κ3) is 1.75. The van der Waals surface area contributed by atoms with Gasteiger partial charge in [-0.25, -0.2) is 0 Å². The summed E-state index contributed by atoms with van der Waals surface area (Å²) in [5, 5.41) is 0.761. The lowest BCUT2D eigenvalue weighted by Gasteiger charge is -2.25. The second-order valence-corrected chi connectivity index (χ2v) is 5.29. The first-order chi connectivity index (χ1) is 7.74. The number of halogens is 1. The Morgan fingerprint density at radius 3 is 2.88 bits per heavy atom. The van der Waals surface area contributed by atoms with Crippen LogP contribution < -0.4 is 5.73 Å². The molecule has 16 heavy (non-hydrogen) atoms. The smallest absolute Gasteiger partial charge is 0.0627 e. The van der Waals surface area contributed by atoms with E-state index in [1.54, 1.807) is 0 Å². The van der Waals surface area contributed by atoms with E-state index < -0.39 is 0 Å². The molecule has 2 nitrogen and oxygen atoms in total. The molecule has 4 unspecified atom stereocenters. The van der Waals surface area contributed by atoms with E-state index in [1.807, 2.05) is 18.2 Å². The number of fused-ring (bicyclic) bond motifs is 2. The lowest BCUT2D eigenvalue weighted by Crippen LogP contribution is -2.29. The van der Waals surface area contributed by atoms with E-state index in [-0.39, 0.29) is 6.04 Å². The maximum absolute atomic E-state index is 6.32. The highest BCUT2D eigenvalue weighted by Crippen LogP contribution is 2.43. The van der Waals surface area contributed by atoms with Crippen molar-refractivity contribution in [2.45, 2.75) is 37.5 Å². The molecule has 4 atom stereocenters. The quantitative estimate of drug-likeness (QED) is 0.859. The largest absolute Gasteiger partial charge is 0.375 e. The first-order valence-corrected chi connectivity index (χ1v) is 6.28. The monoisotopic (exact) mass is 237 g/mol. The normalized spacial score (nSPS) is 34.2. The van der Waals surface area contributed by atoms with Gasteiger partial charge in [-0.3, -0.25) is 0 Å². The summed E-state index contributed by atoms with van der Waals surface area (Å²) in [6.45, 7) is 0. The highest BCUT2D eigenvalue weighted by Gasteiger charge is 2.43. The number of rotatable bonds is 2. The van der Waals surface area contributed by atoms with Crippen molar-refractivity contribution < 1.29 is 4.74 Å². The van der Waals surface area contributed by atoms with E-state index in [1.165, 1.54) is 12.8 Å². The second kappa shape index (κ2) is 4.02. The van der Waals surface area contributed by atoms with Crippen molar-refractivity contribution in [1.82, 2.24) is 0 Å². The van der Waals surface area contributed by atoms with Crippen molar-refractivity contribution in [3.63, 3.8) is 0 Å². The van der Waals surface area contributed by atoms with Crippen LogP contribution in [0.5, 0.6) is 0 Å². The van der Waals surface area contributed by atoms with Gasteiger partial charge in [0.25, 0.3) is 0 Å². The Labute approximate surface area is 101 Å². The molecule has 86 valence electrons. The summed E-state index contributed by atoms with van der Waals surface area (Å²) in [6, 6.07) is 7.94. The Morgan fingerprint density at radius 1 is 1.38 bits per heavy atom. The van der Waals surface area contributed by atoms with Gasteiger partial charge in [-0.2, -0.15) is 0 Å².